The highest BCUT2D eigenvalue weighted by molar-refractivity contribution is 14.1. The highest BCUT2D eigenvalue weighted by Gasteiger charge is 2.30. The van der Waals surface area contributed by atoms with E-state index in [-0.39, 0.29) is 19.0 Å². The van der Waals surface area contributed by atoms with Gasteiger partial charge in [0.2, 0.25) is 3.79 Å². The molecule has 2 unspecified atom stereocenters. The fraction of sp³-hybridized carbons (Fsp3) is 0.921. The molecule has 3 N–H and O–H groups in total. The zero-order chi connectivity index (χ0) is 35.6. The Balaban J connectivity index is 4.06. The first kappa shape index (κ1) is 48.0. The molecule has 0 aromatic carbocycles. The maximum absolute atomic E-state index is 12.3. The van der Waals surface area contributed by atoms with E-state index in [1.54, 1.807) is 22.6 Å². The summed E-state index contributed by atoms with van der Waals surface area (Å²) in [7, 11) is -4.74. The molecule has 0 aromatic rings. The number of halogens is 1. The molecule has 0 aromatic heterocycles. The van der Waals surface area contributed by atoms with Crippen LogP contribution in [0.2, 0.25) is 0 Å². The van der Waals surface area contributed by atoms with Crippen LogP contribution in [0.1, 0.15) is 200 Å². The van der Waals surface area contributed by atoms with E-state index in [1.165, 1.54) is 122 Å². The minimum absolute atomic E-state index is 0.241. The SMILES string of the molecule is CCCCCC/C=C\CCCCCCCCC(=O)OCC(COP(=O)(O)O)OC(O)(I)CCCCCCCCCCCCCCCCC. The van der Waals surface area contributed by atoms with E-state index >= 15 is 0 Å². The Morgan fingerprint density at radius 3 is 1.50 bits per heavy atom. The molecule has 0 rings (SSSR count). The van der Waals surface area contributed by atoms with Gasteiger partial charge in [-0.3, -0.25) is 9.32 Å². The van der Waals surface area contributed by atoms with E-state index in [0.717, 1.165) is 51.4 Å². The topological polar surface area (TPSA) is 123 Å². The molecule has 0 radical (unpaired) electrons. The van der Waals surface area contributed by atoms with Crippen LogP contribution in [-0.4, -0.2) is 44.0 Å². The lowest BCUT2D eigenvalue weighted by atomic mass is 10.0. The first-order valence-electron chi connectivity index (χ1n) is 19.7. The molecule has 0 aliphatic heterocycles. The van der Waals surface area contributed by atoms with Crippen LogP contribution in [0.5, 0.6) is 0 Å². The lowest BCUT2D eigenvalue weighted by molar-refractivity contribution is -0.182. The molecule has 0 aliphatic rings. The Kier molecular flexibility index (Phi) is 34.1. The average Bonchev–Trinajstić information content (AvgIpc) is 3.03. The molecular weight excluding hydrogens is 742 g/mol. The summed E-state index contributed by atoms with van der Waals surface area (Å²) in [5.41, 5.74) is 0. The molecule has 0 saturated carbocycles. The fourth-order valence-electron chi connectivity index (χ4n) is 5.75. The van der Waals surface area contributed by atoms with Gasteiger partial charge in [0.05, 0.1) is 6.61 Å². The number of unbranched alkanes of at least 4 members (excludes halogenated alkanes) is 24. The van der Waals surface area contributed by atoms with Crippen LogP contribution in [0.25, 0.3) is 0 Å². The Morgan fingerprint density at radius 2 is 1.04 bits per heavy atom. The summed E-state index contributed by atoms with van der Waals surface area (Å²) in [5.74, 6) is -0.386. The van der Waals surface area contributed by atoms with Crippen molar-refractivity contribution in [1.82, 2.24) is 0 Å². The lowest BCUT2D eigenvalue weighted by Crippen LogP contribution is -2.36. The van der Waals surface area contributed by atoms with Crippen molar-refractivity contribution in [3.63, 3.8) is 0 Å². The van der Waals surface area contributed by atoms with E-state index in [2.05, 4.69) is 30.5 Å². The van der Waals surface area contributed by atoms with Gasteiger partial charge in [-0.15, -0.1) is 0 Å². The van der Waals surface area contributed by atoms with Crippen LogP contribution in [0.4, 0.5) is 0 Å². The number of allylic oxidation sites excluding steroid dienone is 2. The number of carbonyl (C=O) groups excluding carboxylic acids is 1. The van der Waals surface area contributed by atoms with Crippen molar-refractivity contribution in [2.24, 2.45) is 0 Å². The largest absolute Gasteiger partial charge is 0.469 e. The van der Waals surface area contributed by atoms with E-state index in [4.69, 9.17) is 19.3 Å². The minimum Gasteiger partial charge on any atom is -0.463 e. The number of phosphoric ester groups is 1. The van der Waals surface area contributed by atoms with Crippen molar-refractivity contribution >= 4 is 36.4 Å². The number of hydrogen-bond donors (Lipinski definition) is 3. The van der Waals surface area contributed by atoms with Crippen LogP contribution >= 0.6 is 30.4 Å². The number of hydrogen-bond acceptors (Lipinski definition) is 6. The Morgan fingerprint density at radius 1 is 0.646 bits per heavy atom. The minimum atomic E-state index is -4.74. The molecule has 0 saturated heterocycles. The molecule has 0 bridgehead atoms. The highest BCUT2D eigenvalue weighted by atomic mass is 127. The number of carbonyl (C=O) groups is 1. The van der Waals surface area contributed by atoms with Crippen LogP contribution < -0.4 is 0 Å². The Bertz CT molecular complexity index is 789. The monoisotopic (exact) mass is 816 g/mol. The van der Waals surface area contributed by atoms with Gasteiger partial charge in [0.1, 0.15) is 12.7 Å². The Hall–Kier alpha value is -0.0300. The summed E-state index contributed by atoms with van der Waals surface area (Å²) in [4.78, 5) is 30.6. The third-order valence-electron chi connectivity index (χ3n) is 8.69. The summed E-state index contributed by atoms with van der Waals surface area (Å²) in [6.07, 6.45) is 36.9. The van der Waals surface area contributed by atoms with E-state index in [1.807, 2.05) is 0 Å². The van der Waals surface area contributed by atoms with Gasteiger partial charge in [-0.05, 0) is 61.1 Å². The predicted octanol–water partition coefficient (Wildman–Crippen LogP) is 12.0. The summed E-state index contributed by atoms with van der Waals surface area (Å²) < 4.78 is 25.4. The number of rotatable bonds is 37. The predicted molar refractivity (Wildman–Crippen MR) is 207 cm³/mol. The van der Waals surface area contributed by atoms with Gasteiger partial charge in [0.15, 0.2) is 0 Å². The average molecular weight is 817 g/mol. The number of esters is 1. The number of phosphoric acid groups is 1. The summed E-state index contributed by atoms with van der Waals surface area (Å²) in [6.45, 7) is 3.76. The lowest BCUT2D eigenvalue weighted by Gasteiger charge is -2.28. The van der Waals surface area contributed by atoms with Crippen molar-refractivity contribution in [3.05, 3.63) is 12.2 Å². The van der Waals surface area contributed by atoms with Gasteiger partial charge in [0.25, 0.3) is 0 Å². The summed E-state index contributed by atoms with van der Waals surface area (Å²) in [6, 6.07) is 0. The number of ether oxygens (including phenoxy) is 2. The van der Waals surface area contributed by atoms with Crippen molar-refractivity contribution in [2.75, 3.05) is 13.2 Å². The van der Waals surface area contributed by atoms with Crippen LogP contribution in [0.15, 0.2) is 12.2 Å². The van der Waals surface area contributed by atoms with Crippen LogP contribution in [0.3, 0.4) is 0 Å². The maximum Gasteiger partial charge on any atom is 0.469 e. The zero-order valence-electron chi connectivity index (χ0n) is 30.9. The fourth-order valence-corrected chi connectivity index (χ4v) is 6.85. The molecular formula is C38H74IO8P. The molecule has 286 valence electrons. The third-order valence-corrected chi connectivity index (χ3v) is 9.97. The summed E-state index contributed by atoms with van der Waals surface area (Å²) >= 11 is 1.80. The van der Waals surface area contributed by atoms with Crippen molar-refractivity contribution in [1.29, 1.82) is 0 Å². The molecule has 0 spiro atoms. The first-order chi connectivity index (χ1) is 23.1. The molecule has 0 aliphatic carbocycles. The second-order valence-corrected chi connectivity index (χ2v) is 16.5. The van der Waals surface area contributed by atoms with E-state index in [9.17, 15) is 14.5 Å². The van der Waals surface area contributed by atoms with E-state index in [0.29, 0.717) is 6.42 Å². The van der Waals surface area contributed by atoms with Crippen LogP contribution in [-0.2, 0) is 23.4 Å². The molecule has 0 fully saturated rings. The van der Waals surface area contributed by atoms with Crippen molar-refractivity contribution < 1.29 is 38.3 Å². The van der Waals surface area contributed by atoms with Gasteiger partial charge in [-0.2, -0.15) is 0 Å². The number of aliphatic hydroxyl groups is 1. The highest BCUT2D eigenvalue weighted by Crippen LogP contribution is 2.36. The molecule has 48 heavy (non-hydrogen) atoms. The Labute approximate surface area is 308 Å². The molecule has 0 amide bonds. The third kappa shape index (κ3) is 37.2. The van der Waals surface area contributed by atoms with Crippen LogP contribution in [0, 0.1) is 0 Å². The van der Waals surface area contributed by atoms with Gasteiger partial charge >= 0.3 is 13.8 Å². The first-order valence-corrected chi connectivity index (χ1v) is 22.3. The summed E-state index contributed by atoms with van der Waals surface area (Å²) in [5, 5.41) is 10.8. The van der Waals surface area contributed by atoms with Gasteiger partial charge in [0, 0.05) is 12.8 Å². The van der Waals surface area contributed by atoms with Crippen molar-refractivity contribution in [2.45, 2.75) is 210 Å². The zero-order valence-corrected chi connectivity index (χ0v) is 33.9. The van der Waals surface area contributed by atoms with Gasteiger partial charge < -0.3 is 24.4 Å². The van der Waals surface area contributed by atoms with Crippen molar-refractivity contribution in [3.8, 4) is 0 Å². The molecule has 0 heterocycles. The number of alkyl halides is 1. The van der Waals surface area contributed by atoms with Gasteiger partial charge in [-0.25, -0.2) is 4.57 Å². The van der Waals surface area contributed by atoms with E-state index < -0.39 is 24.3 Å². The molecule has 8 nitrogen and oxygen atoms in total. The molecule has 2 atom stereocenters. The second kappa shape index (κ2) is 34.1. The standard InChI is InChI=1S/C38H74IO8P/c1-3-5-7-9-11-13-15-17-19-21-23-25-27-29-31-33-38(39,41)47-36(35-46-48(42,43)44)34-45-37(40)32-30-28-26-24-22-20-18-16-14-12-10-8-6-4-2/h14,16,36,41H,3-13,15,17-35H2,1-2H3,(H2,42,43,44)/b16-14-. The normalized spacial score (nSPS) is 14.0. The second-order valence-electron chi connectivity index (χ2n) is 13.6. The maximum atomic E-state index is 12.3. The quantitative estimate of drug-likeness (QED) is 0.0108. The van der Waals surface area contributed by atoms with Gasteiger partial charge in [-0.1, -0.05) is 161 Å². The molecule has 10 heteroatoms. The smallest absolute Gasteiger partial charge is 0.463 e.